The average molecular weight is 300 g/mol. The summed E-state index contributed by atoms with van der Waals surface area (Å²) >= 11 is 0. The fourth-order valence-corrected chi connectivity index (χ4v) is 2.15. The van der Waals surface area contributed by atoms with Crippen LogP contribution in [0.25, 0.3) is 0 Å². The Balaban J connectivity index is 1.95. The molecule has 2 aromatic rings. The molecule has 0 spiro atoms. The molecule has 2 rings (SSSR count). The molecule has 0 saturated heterocycles. The van der Waals surface area contributed by atoms with E-state index in [0.717, 1.165) is 5.56 Å². The van der Waals surface area contributed by atoms with Crippen LogP contribution in [0.15, 0.2) is 36.5 Å². The lowest BCUT2D eigenvalue weighted by atomic mass is 10.1. The molecule has 0 saturated carbocycles. The number of rotatable bonds is 6. The van der Waals surface area contributed by atoms with Gasteiger partial charge in [0.1, 0.15) is 5.69 Å². The Kier molecular flexibility index (Phi) is 5.30. The summed E-state index contributed by atoms with van der Waals surface area (Å²) < 4.78 is 0. The normalized spacial score (nSPS) is 10.3. The molecule has 0 atom stereocenters. The van der Waals surface area contributed by atoms with Gasteiger partial charge in [0.15, 0.2) is 0 Å². The van der Waals surface area contributed by atoms with Gasteiger partial charge in [0, 0.05) is 25.0 Å². The van der Waals surface area contributed by atoms with Gasteiger partial charge in [-0.2, -0.15) is 5.10 Å². The monoisotopic (exact) mass is 300 g/mol. The van der Waals surface area contributed by atoms with Crippen LogP contribution in [0.2, 0.25) is 0 Å². The number of likely N-dealkylation sites (N-methyl/N-ethyl adjacent to an activating group) is 1. The Morgan fingerprint density at radius 3 is 2.36 bits per heavy atom. The molecule has 1 aromatic carbocycles. The predicted molar refractivity (Wildman–Crippen MR) is 84.6 cm³/mol. The highest BCUT2D eigenvalue weighted by molar-refractivity contribution is 6.02. The van der Waals surface area contributed by atoms with Gasteiger partial charge in [-0.3, -0.25) is 14.7 Å². The van der Waals surface area contributed by atoms with Gasteiger partial charge in [0.2, 0.25) is 5.91 Å². The zero-order valence-electron chi connectivity index (χ0n) is 12.8. The summed E-state index contributed by atoms with van der Waals surface area (Å²) in [4.78, 5) is 25.7. The number of hydrogen-bond acceptors (Lipinski definition) is 3. The number of carbonyl (C=O) groups is 2. The van der Waals surface area contributed by atoms with E-state index in [0.29, 0.717) is 30.9 Å². The van der Waals surface area contributed by atoms with Gasteiger partial charge in [-0.15, -0.1) is 0 Å². The lowest BCUT2D eigenvalue weighted by Crippen LogP contribution is -2.31. The second-order valence-corrected chi connectivity index (χ2v) is 4.86. The van der Waals surface area contributed by atoms with E-state index in [1.807, 2.05) is 26.0 Å². The van der Waals surface area contributed by atoms with Crippen molar-refractivity contribution in [1.29, 1.82) is 0 Å². The van der Waals surface area contributed by atoms with E-state index in [1.165, 1.54) is 6.20 Å². The molecule has 0 bridgehead atoms. The summed E-state index contributed by atoms with van der Waals surface area (Å²) in [6, 6.07) is 8.89. The molecule has 116 valence electrons. The van der Waals surface area contributed by atoms with E-state index in [4.69, 9.17) is 0 Å². The van der Waals surface area contributed by atoms with E-state index in [1.54, 1.807) is 23.1 Å². The first-order chi connectivity index (χ1) is 10.6. The molecule has 1 aromatic heterocycles. The Labute approximate surface area is 129 Å². The van der Waals surface area contributed by atoms with E-state index in [9.17, 15) is 9.59 Å². The lowest BCUT2D eigenvalue weighted by Gasteiger charge is -2.18. The van der Waals surface area contributed by atoms with E-state index in [2.05, 4.69) is 15.5 Å². The first kappa shape index (κ1) is 15.8. The van der Waals surface area contributed by atoms with E-state index < -0.39 is 0 Å². The second kappa shape index (κ2) is 7.40. The average Bonchev–Trinajstić information content (AvgIpc) is 3.05. The van der Waals surface area contributed by atoms with Crippen molar-refractivity contribution < 1.29 is 9.59 Å². The Bertz CT molecular complexity index is 616. The molecule has 0 aliphatic carbocycles. The van der Waals surface area contributed by atoms with Crippen LogP contribution in [-0.2, 0) is 11.2 Å². The summed E-state index contributed by atoms with van der Waals surface area (Å²) in [6.45, 7) is 5.37. The first-order valence-electron chi connectivity index (χ1n) is 7.31. The Morgan fingerprint density at radius 2 is 1.82 bits per heavy atom. The number of aromatic amines is 1. The smallest absolute Gasteiger partial charge is 0.273 e. The molecule has 6 nitrogen and oxygen atoms in total. The summed E-state index contributed by atoms with van der Waals surface area (Å²) in [5, 5.41) is 9.11. The molecule has 1 heterocycles. The first-order valence-corrected chi connectivity index (χ1v) is 7.31. The highest BCUT2D eigenvalue weighted by atomic mass is 16.2. The van der Waals surface area contributed by atoms with Gasteiger partial charge in [-0.1, -0.05) is 12.1 Å². The number of amides is 2. The Morgan fingerprint density at radius 1 is 1.14 bits per heavy atom. The molecule has 0 aliphatic heterocycles. The maximum absolute atomic E-state index is 12.0. The fourth-order valence-electron chi connectivity index (χ4n) is 2.15. The minimum atomic E-state index is -0.246. The van der Waals surface area contributed by atoms with Gasteiger partial charge in [0.05, 0.1) is 6.42 Å². The fraction of sp³-hybridized carbons (Fsp3) is 0.312. The van der Waals surface area contributed by atoms with Crippen LogP contribution in [0.1, 0.15) is 29.9 Å². The van der Waals surface area contributed by atoms with E-state index >= 15 is 0 Å². The number of carbonyl (C=O) groups excluding carboxylic acids is 2. The maximum Gasteiger partial charge on any atom is 0.273 e. The quantitative estimate of drug-likeness (QED) is 0.857. The Hall–Kier alpha value is -2.63. The molecular weight excluding hydrogens is 280 g/mol. The van der Waals surface area contributed by atoms with Crippen molar-refractivity contribution in [1.82, 2.24) is 15.1 Å². The van der Waals surface area contributed by atoms with Crippen LogP contribution in [-0.4, -0.2) is 40.0 Å². The highest BCUT2D eigenvalue weighted by Crippen LogP contribution is 2.12. The van der Waals surface area contributed by atoms with Crippen molar-refractivity contribution in [3.05, 3.63) is 47.8 Å². The minimum absolute atomic E-state index is 0.110. The van der Waals surface area contributed by atoms with Gasteiger partial charge in [0.25, 0.3) is 5.91 Å². The number of anilines is 1. The molecule has 0 unspecified atom stereocenters. The van der Waals surface area contributed by atoms with Crippen molar-refractivity contribution in [2.75, 3.05) is 18.4 Å². The third kappa shape index (κ3) is 3.94. The van der Waals surface area contributed by atoms with Crippen molar-refractivity contribution in [2.45, 2.75) is 20.3 Å². The zero-order valence-corrected chi connectivity index (χ0v) is 12.8. The van der Waals surface area contributed by atoms with Gasteiger partial charge < -0.3 is 10.2 Å². The van der Waals surface area contributed by atoms with Crippen LogP contribution in [0, 0.1) is 0 Å². The molecular formula is C16H20N4O2. The van der Waals surface area contributed by atoms with Crippen LogP contribution in [0.4, 0.5) is 5.69 Å². The number of nitrogens with one attached hydrogen (secondary N) is 2. The number of aromatic nitrogens is 2. The summed E-state index contributed by atoms with van der Waals surface area (Å²) in [7, 11) is 0. The maximum atomic E-state index is 12.0. The molecule has 0 radical (unpaired) electrons. The highest BCUT2D eigenvalue weighted by Gasteiger charge is 2.11. The summed E-state index contributed by atoms with van der Waals surface area (Å²) in [6.07, 6.45) is 1.90. The molecule has 22 heavy (non-hydrogen) atoms. The predicted octanol–water partition coefficient (Wildman–Crippen LogP) is 2.07. The topological polar surface area (TPSA) is 78.1 Å². The molecule has 2 amide bonds. The zero-order chi connectivity index (χ0) is 15.9. The van der Waals surface area contributed by atoms with Crippen molar-refractivity contribution >= 4 is 17.5 Å². The number of benzene rings is 1. The number of hydrogen-bond donors (Lipinski definition) is 2. The standard InChI is InChI=1S/C16H20N4O2/c1-3-20(4-2)15(21)11-12-5-7-13(8-6-12)18-16(22)14-9-10-17-19-14/h5-10H,3-4,11H2,1-2H3,(H,17,19)(H,18,22). The summed E-state index contributed by atoms with van der Waals surface area (Å²) in [5.74, 6) is -0.135. The lowest BCUT2D eigenvalue weighted by molar-refractivity contribution is -0.130. The van der Waals surface area contributed by atoms with Crippen LogP contribution >= 0.6 is 0 Å². The van der Waals surface area contributed by atoms with E-state index in [-0.39, 0.29) is 11.8 Å². The van der Waals surface area contributed by atoms with Gasteiger partial charge in [-0.25, -0.2) is 0 Å². The number of nitrogens with zero attached hydrogens (tertiary/aromatic N) is 2. The molecule has 0 fully saturated rings. The van der Waals surface area contributed by atoms with Crippen molar-refractivity contribution in [3.8, 4) is 0 Å². The van der Waals surface area contributed by atoms with Crippen LogP contribution in [0.3, 0.4) is 0 Å². The third-order valence-electron chi connectivity index (χ3n) is 3.43. The summed E-state index contributed by atoms with van der Waals surface area (Å²) in [5.41, 5.74) is 2.01. The van der Waals surface area contributed by atoms with Gasteiger partial charge >= 0.3 is 0 Å². The number of H-pyrrole nitrogens is 1. The van der Waals surface area contributed by atoms with Crippen molar-refractivity contribution in [3.63, 3.8) is 0 Å². The van der Waals surface area contributed by atoms with Crippen molar-refractivity contribution in [2.24, 2.45) is 0 Å². The van der Waals surface area contributed by atoms with Crippen LogP contribution in [0.5, 0.6) is 0 Å². The molecule has 6 heteroatoms. The third-order valence-corrected chi connectivity index (χ3v) is 3.43. The molecule has 2 N–H and O–H groups in total. The second-order valence-electron chi connectivity index (χ2n) is 4.86. The van der Waals surface area contributed by atoms with Crippen LogP contribution < -0.4 is 5.32 Å². The molecule has 0 aliphatic rings. The largest absolute Gasteiger partial charge is 0.343 e. The minimum Gasteiger partial charge on any atom is -0.343 e. The SMILES string of the molecule is CCN(CC)C(=O)Cc1ccc(NC(=O)c2ccn[nH]2)cc1. The van der Waals surface area contributed by atoms with Gasteiger partial charge in [-0.05, 0) is 37.6 Å².